The highest BCUT2D eigenvalue weighted by atomic mass is 16.2. The van der Waals surface area contributed by atoms with Crippen molar-refractivity contribution in [2.45, 2.75) is 58.2 Å². The van der Waals surface area contributed by atoms with Gasteiger partial charge in [-0.1, -0.05) is 36.4 Å². The van der Waals surface area contributed by atoms with Crippen LogP contribution in [0.3, 0.4) is 0 Å². The maximum Gasteiger partial charge on any atom is 0.251 e. The molecule has 2 saturated heterocycles. The van der Waals surface area contributed by atoms with Gasteiger partial charge in [-0.15, -0.1) is 0 Å². The Morgan fingerprint density at radius 2 is 1.37 bits per heavy atom. The zero-order valence-electron chi connectivity index (χ0n) is 29.4. The fourth-order valence-corrected chi connectivity index (χ4v) is 7.40. The Hall–Kier alpha value is -5.41. The topological polar surface area (TPSA) is 103 Å². The molecule has 0 spiro atoms. The largest absolute Gasteiger partial charge is 0.356 e. The predicted octanol–water partition coefficient (Wildman–Crippen LogP) is 6.62. The predicted molar refractivity (Wildman–Crippen MR) is 202 cm³/mol. The van der Waals surface area contributed by atoms with Crippen LogP contribution in [0, 0.1) is 13.8 Å². The first-order valence-corrected chi connectivity index (χ1v) is 18.0. The van der Waals surface area contributed by atoms with E-state index >= 15 is 0 Å². The highest BCUT2D eigenvalue weighted by molar-refractivity contribution is 5.98. The van der Waals surface area contributed by atoms with E-state index in [9.17, 15) is 9.59 Å². The van der Waals surface area contributed by atoms with Gasteiger partial charge in [-0.3, -0.25) is 24.5 Å². The van der Waals surface area contributed by atoms with Crippen LogP contribution < -0.4 is 15.5 Å². The first-order chi connectivity index (χ1) is 24.9. The number of likely N-dealkylation sites (tertiary alicyclic amines) is 1. The number of carbonyl (C=O) groups excluding carboxylic acids is 2. The Morgan fingerprint density at radius 3 is 2.04 bits per heavy atom. The zero-order valence-corrected chi connectivity index (χ0v) is 29.4. The molecule has 0 unspecified atom stereocenters. The molecule has 2 N–H and O–H groups in total. The standard InChI is InChI=1S/C42H45N7O2/c1-29-10-12-38(30(2)40(29)35-9-5-19-44-27-35)42(51)47-36-14-20-48(21-15-36)28-31-11-13-39(45-25-31)49-22-16-37(17-23-49)46-41(50)33-7-3-6-32(24-33)34-8-4-18-43-26-34/h3-13,18-19,24-27,36-37H,14-17,20-23,28H2,1-2H3,(H,46,50)(H,47,51). The summed E-state index contributed by atoms with van der Waals surface area (Å²) in [5, 5.41) is 6.55. The molecular weight excluding hydrogens is 635 g/mol. The number of pyridine rings is 3. The van der Waals surface area contributed by atoms with Crippen LogP contribution in [0.15, 0.2) is 104 Å². The third-order valence-corrected chi connectivity index (χ3v) is 10.3. The number of benzene rings is 2. The van der Waals surface area contributed by atoms with Crippen molar-refractivity contribution in [1.82, 2.24) is 30.5 Å². The zero-order chi connectivity index (χ0) is 35.2. The van der Waals surface area contributed by atoms with Gasteiger partial charge in [0, 0.05) is 98.0 Å². The van der Waals surface area contributed by atoms with Crippen LogP contribution in [-0.2, 0) is 6.54 Å². The number of aryl methyl sites for hydroxylation is 1. The highest BCUT2D eigenvalue weighted by Gasteiger charge is 2.25. The number of nitrogens with one attached hydrogen (secondary N) is 2. The second-order valence-electron chi connectivity index (χ2n) is 13.8. The number of anilines is 1. The number of hydrogen-bond donors (Lipinski definition) is 2. The maximum absolute atomic E-state index is 13.4. The van der Waals surface area contributed by atoms with Gasteiger partial charge in [-0.25, -0.2) is 4.98 Å². The Balaban J connectivity index is 0.857. The molecule has 0 aliphatic carbocycles. The van der Waals surface area contributed by atoms with Crippen molar-refractivity contribution in [2.75, 3.05) is 31.1 Å². The minimum Gasteiger partial charge on any atom is -0.356 e. The van der Waals surface area contributed by atoms with E-state index in [2.05, 4.69) is 49.5 Å². The van der Waals surface area contributed by atoms with Crippen molar-refractivity contribution in [3.05, 3.63) is 132 Å². The number of carbonyl (C=O) groups is 2. The van der Waals surface area contributed by atoms with Crippen LogP contribution >= 0.6 is 0 Å². The average Bonchev–Trinajstić information content (AvgIpc) is 3.17. The van der Waals surface area contributed by atoms with Crippen LogP contribution in [0.25, 0.3) is 22.3 Å². The van der Waals surface area contributed by atoms with Crippen LogP contribution in [0.2, 0.25) is 0 Å². The third-order valence-electron chi connectivity index (χ3n) is 10.3. The van der Waals surface area contributed by atoms with E-state index < -0.39 is 0 Å². The first kappa shape index (κ1) is 34.1. The molecule has 2 aliphatic heterocycles. The summed E-state index contributed by atoms with van der Waals surface area (Å²) < 4.78 is 0. The summed E-state index contributed by atoms with van der Waals surface area (Å²) in [6.07, 6.45) is 12.8. The quantitative estimate of drug-likeness (QED) is 0.181. The van der Waals surface area contributed by atoms with Crippen molar-refractivity contribution in [3.8, 4) is 22.3 Å². The molecule has 0 saturated carbocycles. The number of piperidine rings is 2. The lowest BCUT2D eigenvalue weighted by Crippen LogP contribution is -2.45. The van der Waals surface area contributed by atoms with Gasteiger partial charge < -0.3 is 15.5 Å². The number of amides is 2. The van der Waals surface area contributed by atoms with Crippen LogP contribution in [0.4, 0.5) is 5.82 Å². The molecule has 7 rings (SSSR count). The first-order valence-electron chi connectivity index (χ1n) is 18.0. The molecule has 2 fully saturated rings. The van der Waals surface area contributed by atoms with Gasteiger partial charge in [0.1, 0.15) is 5.82 Å². The molecule has 3 aromatic heterocycles. The summed E-state index contributed by atoms with van der Waals surface area (Å²) >= 11 is 0. The van der Waals surface area contributed by atoms with E-state index in [-0.39, 0.29) is 23.9 Å². The summed E-state index contributed by atoms with van der Waals surface area (Å²) in [5.74, 6) is 0.936. The number of nitrogens with zero attached hydrogens (tertiary/aromatic N) is 5. The van der Waals surface area contributed by atoms with Crippen molar-refractivity contribution < 1.29 is 9.59 Å². The van der Waals surface area contributed by atoms with Crippen LogP contribution in [0.1, 0.15) is 63.1 Å². The minimum atomic E-state index is -0.0372. The van der Waals surface area contributed by atoms with E-state index in [1.54, 1.807) is 12.4 Å². The Kier molecular flexibility index (Phi) is 10.4. The number of aromatic nitrogens is 3. The minimum absolute atomic E-state index is 0.00567. The van der Waals surface area contributed by atoms with Gasteiger partial charge in [0.15, 0.2) is 0 Å². The van der Waals surface area contributed by atoms with Crippen molar-refractivity contribution >= 4 is 17.6 Å². The Labute approximate surface area is 300 Å². The molecule has 2 amide bonds. The van der Waals surface area contributed by atoms with Gasteiger partial charge in [0.2, 0.25) is 0 Å². The van der Waals surface area contributed by atoms with E-state index in [1.807, 2.05) is 86.2 Å². The Morgan fingerprint density at radius 1 is 0.706 bits per heavy atom. The number of rotatable bonds is 9. The summed E-state index contributed by atoms with van der Waals surface area (Å²) in [4.78, 5) is 44.5. The monoisotopic (exact) mass is 679 g/mol. The van der Waals surface area contributed by atoms with Gasteiger partial charge in [0.05, 0.1) is 0 Å². The Bertz CT molecular complexity index is 1950. The lowest BCUT2D eigenvalue weighted by molar-refractivity contribution is 0.0905. The average molecular weight is 680 g/mol. The number of hydrogen-bond acceptors (Lipinski definition) is 7. The molecule has 9 heteroatoms. The molecule has 260 valence electrons. The van der Waals surface area contributed by atoms with Gasteiger partial charge in [0.25, 0.3) is 11.8 Å². The fraction of sp³-hybridized carbons (Fsp3) is 0.310. The lowest BCUT2D eigenvalue weighted by Gasteiger charge is -2.34. The smallest absolute Gasteiger partial charge is 0.251 e. The molecule has 51 heavy (non-hydrogen) atoms. The second-order valence-corrected chi connectivity index (χ2v) is 13.8. The van der Waals surface area contributed by atoms with Gasteiger partial charge in [-0.2, -0.15) is 0 Å². The summed E-state index contributed by atoms with van der Waals surface area (Å²) in [5.41, 5.74) is 8.80. The third kappa shape index (κ3) is 8.15. The molecule has 0 atom stereocenters. The van der Waals surface area contributed by atoms with Crippen LogP contribution in [-0.4, -0.2) is 69.9 Å². The molecule has 9 nitrogen and oxygen atoms in total. The maximum atomic E-state index is 13.4. The molecule has 2 aliphatic rings. The summed E-state index contributed by atoms with van der Waals surface area (Å²) in [6, 6.07) is 24.2. The molecular formula is C42H45N7O2. The molecule has 2 aromatic carbocycles. The second kappa shape index (κ2) is 15.6. The summed E-state index contributed by atoms with van der Waals surface area (Å²) in [6.45, 7) is 8.49. The van der Waals surface area contributed by atoms with Crippen molar-refractivity contribution in [2.24, 2.45) is 0 Å². The fourth-order valence-electron chi connectivity index (χ4n) is 7.40. The molecule has 5 heterocycles. The molecule has 5 aromatic rings. The van der Waals surface area contributed by atoms with E-state index in [0.717, 1.165) is 103 Å². The van der Waals surface area contributed by atoms with Gasteiger partial charge in [-0.05, 0) is 104 Å². The van der Waals surface area contributed by atoms with Crippen molar-refractivity contribution in [1.29, 1.82) is 0 Å². The van der Waals surface area contributed by atoms with E-state index in [4.69, 9.17) is 4.98 Å². The van der Waals surface area contributed by atoms with Crippen LogP contribution in [0.5, 0.6) is 0 Å². The SMILES string of the molecule is Cc1ccc(C(=O)NC2CCN(Cc3ccc(N4CCC(NC(=O)c5cccc(-c6cccnc6)c5)CC4)nc3)CC2)c(C)c1-c1cccnc1. The summed E-state index contributed by atoms with van der Waals surface area (Å²) in [7, 11) is 0. The molecule has 0 bridgehead atoms. The lowest BCUT2D eigenvalue weighted by atomic mass is 9.92. The highest BCUT2D eigenvalue weighted by Crippen LogP contribution is 2.29. The molecule has 0 radical (unpaired) electrons. The normalized spacial score (nSPS) is 15.8. The van der Waals surface area contributed by atoms with Crippen molar-refractivity contribution in [3.63, 3.8) is 0 Å². The van der Waals surface area contributed by atoms with E-state index in [1.165, 1.54) is 5.56 Å². The van der Waals surface area contributed by atoms with E-state index in [0.29, 0.717) is 5.56 Å². The van der Waals surface area contributed by atoms with Gasteiger partial charge >= 0.3 is 0 Å².